The maximum atomic E-state index is 13.3. The molecule has 0 spiro atoms. The maximum Gasteiger partial charge on any atom is 0.274 e. The highest BCUT2D eigenvalue weighted by Gasteiger charge is 2.22. The molecule has 0 saturated carbocycles. The van der Waals surface area contributed by atoms with E-state index in [4.69, 9.17) is 4.98 Å². The highest BCUT2D eigenvalue weighted by molar-refractivity contribution is 7.18. The zero-order valence-electron chi connectivity index (χ0n) is 17.9. The Balaban J connectivity index is 1.41. The van der Waals surface area contributed by atoms with Crippen molar-refractivity contribution in [2.75, 3.05) is 12.4 Å². The summed E-state index contributed by atoms with van der Waals surface area (Å²) in [6, 6.07) is 17.2. The summed E-state index contributed by atoms with van der Waals surface area (Å²) in [5.74, 6) is 0.525. The number of thiazole rings is 1. The van der Waals surface area contributed by atoms with E-state index in [-0.39, 0.29) is 5.91 Å². The Kier molecular flexibility index (Phi) is 5.77. The summed E-state index contributed by atoms with van der Waals surface area (Å²) < 4.78 is 1.93. The fourth-order valence-electron chi connectivity index (χ4n) is 3.48. The molecule has 0 radical (unpaired) electrons. The number of anilines is 1. The number of nitrogens with zero attached hydrogens (tertiary/aromatic N) is 6. The summed E-state index contributed by atoms with van der Waals surface area (Å²) in [5, 5.41) is 4.07. The van der Waals surface area contributed by atoms with E-state index in [9.17, 15) is 4.79 Å². The molecular weight excluding hydrogens is 434 g/mol. The molecule has 5 aromatic heterocycles. The fourth-order valence-corrected chi connectivity index (χ4v) is 4.28. The molecule has 0 saturated heterocycles. The molecule has 164 valence electrons. The van der Waals surface area contributed by atoms with Crippen molar-refractivity contribution in [3.63, 3.8) is 0 Å². The molecule has 0 fully saturated rings. The van der Waals surface area contributed by atoms with Crippen LogP contribution in [0.2, 0.25) is 0 Å². The predicted octanol–water partition coefficient (Wildman–Crippen LogP) is 4.13. The Morgan fingerprint density at radius 1 is 1.00 bits per heavy atom. The maximum absolute atomic E-state index is 13.3. The van der Waals surface area contributed by atoms with Gasteiger partial charge in [0.2, 0.25) is 0 Å². The highest BCUT2D eigenvalue weighted by Crippen LogP contribution is 2.30. The van der Waals surface area contributed by atoms with E-state index in [1.807, 2.05) is 65.2 Å². The van der Waals surface area contributed by atoms with Crippen LogP contribution in [0.5, 0.6) is 0 Å². The van der Waals surface area contributed by atoms with Crippen LogP contribution in [0.15, 0.2) is 79.4 Å². The molecule has 5 heterocycles. The van der Waals surface area contributed by atoms with Crippen molar-refractivity contribution < 1.29 is 4.79 Å². The summed E-state index contributed by atoms with van der Waals surface area (Å²) >= 11 is 1.49. The SMILES string of the molecule is CN(Cc1ccccn1)C(=O)c1nc(-c2cnc(NCc3ccccn3)s2)n2ccccc12. The third-order valence-corrected chi connectivity index (χ3v) is 6.05. The molecule has 5 aromatic rings. The molecule has 0 aromatic carbocycles. The topological polar surface area (TPSA) is 88.3 Å². The van der Waals surface area contributed by atoms with Crippen LogP contribution in [0.1, 0.15) is 21.9 Å². The molecule has 0 bridgehead atoms. The van der Waals surface area contributed by atoms with E-state index in [1.165, 1.54) is 11.3 Å². The Morgan fingerprint density at radius 3 is 2.52 bits per heavy atom. The lowest BCUT2D eigenvalue weighted by atomic mass is 10.3. The number of nitrogens with one attached hydrogen (secondary N) is 1. The second-order valence-corrected chi connectivity index (χ2v) is 8.46. The van der Waals surface area contributed by atoms with Crippen LogP contribution < -0.4 is 5.32 Å². The van der Waals surface area contributed by atoms with Crippen LogP contribution in [-0.4, -0.2) is 42.2 Å². The third kappa shape index (κ3) is 4.44. The van der Waals surface area contributed by atoms with Crippen molar-refractivity contribution in [1.29, 1.82) is 0 Å². The third-order valence-electron chi connectivity index (χ3n) is 5.10. The molecule has 1 N–H and O–H groups in total. The summed E-state index contributed by atoms with van der Waals surface area (Å²) in [4.78, 5) is 33.6. The van der Waals surface area contributed by atoms with Crippen LogP contribution in [0, 0.1) is 0 Å². The minimum absolute atomic E-state index is 0.159. The van der Waals surface area contributed by atoms with E-state index in [0.29, 0.717) is 24.6 Å². The average Bonchev–Trinajstić information content (AvgIpc) is 3.48. The number of carbonyl (C=O) groups is 1. The van der Waals surface area contributed by atoms with E-state index in [2.05, 4.69) is 20.3 Å². The zero-order chi connectivity index (χ0) is 22.6. The molecule has 0 aliphatic carbocycles. The van der Waals surface area contributed by atoms with Crippen LogP contribution in [0.25, 0.3) is 16.2 Å². The molecule has 33 heavy (non-hydrogen) atoms. The number of aromatic nitrogens is 5. The molecule has 1 amide bonds. The predicted molar refractivity (Wildman–Crippen MR) is 128 cm³/mol. The van der Waals surface area contributed by atoms with E-state index in [1.54, 1.807) is 30.5 Å². The normalized spacial score (nSPS) is 10.9. The number of carbonyl (C=O) groups excluding carboxylic acids is 1. The van der Waals surface area contributed by atoms with Gasteiger partial charge in [0, 0.05) is 25.6 Å². The Morgan fingerprint density at radius 2 is 1.76 bits per heavy atom. The Hall–Kier alpha value is -4.11. The standard InChI is InChI=1S/C24H21N7OS/c1-30(16-18-9-3-6-12-26-18)23(32)21-19-10-4-7-13-31(19)22(29-21)20-15-28-24(33-20)27-14-17-8-2-5-11-25-17/h2-13,15H,14,16H2,1H3,(H,27,28). The zero-order valence-corrected chi connectivity index (χ0v) is 18.7. The van der Waals surface area contributed by atoms with Crippen LogP contribution in [0.3, 0.4) is 0 Å². The van der Waals surface area contributed by atoms with E-state index >= 15 is 0 Å². The molecule has 9 heteroatoms. The second-order valence-electron chi connectivity index (χ2n) is 7.43. The van der Waals surface area contributed by atoms with E-state index < -0.39 is 0 Å². The van der Waals surface area contributed by atoms with Crippen molar-refractivity contribution >= 4 is 27.9 Å². The van der Waals surface area contributed by atoms with Gasteiger partial charge in [-0.1, -0.05) is 29.5 Å². The second kappa shape index (κ2) is 9.17. The summed E-state index contributed by atoms with van der Waals surface area (Å²) in [5.41, 5.74) is 2.91. The van der Waals surface area contributed by atoms with Gasteiger partial charge in [0.1, 0.15) is 0 Å². The van der Waals surface area contributed by atoms with Gasteiger partial charge >= 0.3 is 0 Å². The Bertz CT molecular complexity index is 1380. The number of hydrogen-bond donors (Lipinski definition) is 1. The Labute approximate surface area is 194 Å². The quantitative estimate of drug-likeness (QED) is 0.397. The van der Waals surface area contributed by atoms with Crippen LogP contribution >= 0.6 is 11.3 Å². The fraction of sp³-hybridized carbons (Fsp3) is 0.125. The van der Waals surface area contributed by atoms with Crippen LogP contribution in [0.4, 0.5) is 5.13 Å². The first-order valence-corrected chi connectivity index (χ1v) is 11.2. The van der Waals surface area contributed by atoms with Gasteiger partial charge < -0.3 is 10.2 Å². The monoisotopic (exact) mass is 455 g/mol. The van der Waals surface area contributed by atoms with Gasteiger partial charge in [0.05, 0.1) is 41.1 Å². The number of imidazole rings is 1. The van der Waals surface area contributed by atoms with Crippen molar-refractivity contribution in [3.05, 3.63) is 96.5 Å². The number of rotatable bonds is 7. The first-order valence-electron chi connectivity index (χ1n) is 10.4. The first kappa shape index (κ1) is 20.8. The molecule has 0 aliphatic rings. The lowest BCUT2D eigenvalue weighted by molar-refractivity contribution is 0.0780. The number of fused-ring (bicyclic) bond motifs is 1. The van der Waals surface area contributed by atoms with Gasteiger partial charge in [0.25, 0.3) is 5.91 Å². The molecule has 0 aliphatic heterocycles. The van der Waals surface area contributed by atoms with Gasteiger partial charge in [-0.05, 0) is 36.4 Å². The first-order chi connectivity index (χ1) is 16.2. The number of pyridine rings is 3. The molecule has 0 unspecified atom stereocenters. The van der Waals surface area contributed by atoms with Crippen molar-refractivity contribution in [2.24, 2.45) is 0 Å². The van der Waals surface area contributed by atoms with Crippen molar-refractivity contribution in [2.45, 2.75) is 13.1 Å². The average molecular weight is 456 g/mol. The molecular formula is C24H21N7OS. The highest BCUT2D eigenvalue weighted by atomic mass is 32.1. The van der Waals surface area contributed by atoms with Crippen molar-refractivity contribution in [3.8, 4) is 10.7 Å². The summed E-state index contributed by atoms with van der Waals surface area (Å²) in [7, 11) is 1.76. The minimum atomic E-state index is -0.159. The summed E-state index contributed by atoms with van der Waals surface area (Å²) in [6.45, 7) is 0.987. The van der Waals surface area contributed by atoms with Gasteiger partial charge in [-0.2, -0.15) is 0 Å². The molecule has 5 rings (SSSR count). The van der Waals surface area contributed by atoms with Gasteiger partial charge in [-0.15, -0.1) is 0 Å². The largest absolute Gasteiger partial charge is 0.356 e. The van der Waals surface area contributed by atoms with Crippen molar-refractivity contribution in [1.82, 2.24) is 29.2 Å². The van der Waals surface area contributed by atoms with Gasteiger partial charge in [-0.3, -0.25) is 19.2 Å². The van der Waals surface area contributed by atoms with Gasteiger partial charge in [0.15, 0.2) is 16.6 Å². The lowest BCUT2D eigenvalue weighted by Crippen LogP contribution is -2.27. The number of hydrogen-bond acceptors (Lipinski definition) is 7. The van der Waals surface area contributed by atoms with Gasteiger partial charge in [-0.25, -0.2) is 9.97 Å². The lowest BCUT2D eigenvalue weighted by Gasteiger charge is -2.15. The smallest absolute Gasteiger partial charge is 0.274 e. The summed E-state index contributed by atoms with van der Waals surface area (Å²) in [6.07, 6.45) is 7.18. The van der Waals surface area contributed by atoms with Crippen LogP contribution in [-0.2, 0) is 13.1 Å². The molecule has 0 atom stereocenters. The molecule has 8 nitrogen and oxygen atoms in total. The van der Waals surface area contributed by atoms with E-state index in [0.717, 1.165) is 26.9 Å². The number of amides is 1. The minimum Gasteiger partial charge on any atom is -0.356 e.